The largest absolute Gasteiger partial charge is 0.264 e. The number of rotatable bonds is 3. The number of hydrogen-bond acceptors (Lipinski definition) is 5. The van der Waals surface area contributed by atoms with Crippen molar-refractivity contribution in [1.29, 1.82) is 0 Å². The predicted molar refractivity (Wildman–Crippen MR) is 95.8 cm³/mol. The summed E-state index contributed by atoms with van der Waals surface area (Å²) in [6.07, 6.45) is 6.80. The highest BCUT2D eigenvalue weighted by molar-refractivity contribution is 5.47. The Balaban J connectivity index is 1.65. The number of aromatic amines is 1. The first-order valence-corrected chi connectivity index (χ1v) is 8.70. The number of H-pyrrole nitrogens is 1. The zero-order chi connectivity index (χ0) is 18.4. The van der Waals surface area contributed by atoms with E-state index < -0.39 is 0 Å². The summed E-state index contributed by atoms with van der Waals surface area (Å²) in [6, 6.07) is 6.73. The summed E-state index contributed by atoms with van der Waals surface area (Å²) in [5, 5.41) is 11.3. The second kappa shape index (κ2) is 6.08. The van der Waals surface area contributed by atoms with Crippen LogP contribution in [0.2, 0.25) is 0 Å². The highest BCUT2D eigenvalue weighted by atomic mass is 19.1. The number of benzene rings is 1. The molecule has 3 heterocycles. The molecule has 1 aromatic carbocycles. The van der Waals surface area contributed by atoms with Crippen molar-refractivity contribution in [1.82, 2.24) is 34.9 Å². The van der Waals surface area contributed by atoms with Gasteiger partial charge in [0.2, 0.25) is 5.82 Å². The first-order valence-electron chi connectivity index (χ1n) is 8.70. The van der Waals surface area contributed by atoms with E-state index in [0.29, 0.717) is 17.3 Å². The second-order valence-electron chi connectivity index (χ2n) is 6.72. The van der Waals surface area contributed by atoms with E-state index in [1.54, 1.807) is 10.7 Å². The van der Waals surface area contributed by atoms with Crippen LogP contribution in [0.5, 0.6) is 0 Å². The monoisotopic (exact) mass is 361 g/mol. The summed E-state index contributed by atoms with van der Waals surface area (Å²) in [4.78, 5) is 13.1. The molecule has 0 bridgehead atoms. The van der Waals surface area contributed by atoms with E-state index in [9.17, 15) is 4.39 Å². The highest BCUT2D eigenvalue weighted by Crippen LogP contribution is 2.34. The van der Waals surface area contributed by atoms with Gasteiger partial charge in [-0.1, -0.05) is 6.07 Å². The summed E-state index contributed by atoms with van der Waals surface area (Å²) >= 11 is 0. The van der Waals surface area contributed by atoms with Crippen LogP contribution in [-0.2, 0) is 12.8 Å². The number of nitrogens with one attached hydrogen (secondary N) is 1. The molecule has 1 aliphatic rings. The molecular weight excluding hydrogens is 345 g/mol. The molecule has 1 atom stereocenters. The van der Waals surface area contributed by atoms with Crippen LogP contribution >= 0.6 is 0 Å². The van der Waals surface area contributed by atoms with Gasteiger partial charge in [0.25, 0.3) is 0 Å². The van der Waals surface area contributed by atoms with Gasteiger partial charge >= 0.3 is 0 Å². The molecule has 1 aliphatic carbocycles. The Bertz CT molecular complexity index is 1090. The minimum Gasteiger partial charge on any atom is -0.264 e. The Morgan fingerprint density at radius 3 is 2.89 bits per heavy atom. The average molecular weight is 361 g/mol. The quantitative estimate of drug-likeness (QED) is 0.606. The van der Waals surface area contributed by atoms with Gasteiger partial charge in [-0.2, -0.15) is 5.10 Å². The maximum atomic E-state index is 13.9. The number of pyridine rings is 1. The average Bonchev–Trinajstić information content (AvgIpc) is 3.41. The number of fused-ring (bicyclic) bond motifs is 1. The lowest BCUT2D eigenvalue weighted by Gasteiger charge is -2.13. The van der Waals surface area contributed by atoms with Crippen LogP contribution < -0.4 is 0 Å². The number of aromatic nitrogens is 7. The van der Waals surface area contributed by atoms with E-state index in [1.165, 1.54) is 29.6 Å². The van der Waals surface area contributed by atoms with Gasteiger partial charge in [-0.3, -0.25) is 10.1 Å². The standard InChI is InChI=1S/C19H16FN7/c1-11-2-3-15(20)8-16(11)27-19(24-18(26-27)17-22-10-23-25-17)13-6-12-4-5-21-9-14(12)7-13/h2-5,8-10,13H,6-7H2,1H3,(H,22,23,25). The molecule has 27 heavy (non-hydrogen) atoms. The molecule has 0 fully saturated rings. The Labute approximate surface area is 154 Å². The van der Waals surface area contributed by atoms with E-state index >= 15 is 0 Å². The molecule has 0 amide bonds. The Morgan fingerprint density at radius 1 is 1.19 bits per heavy atom. The van der Waals surface area contributed by atoms with Crippen LogP contribution in [0.25, 0.3) is 17.3 Å². The summed E-state index contributed by atoms with van der Waals surface area (Å²) in [7, 11) is 0. The molecule has 0 radical (unpaired) electrons. The zero-order valence-electron chi connectivity index (χ0n) is 14.6. The van der Waals surface area contributed by atoms with Crippen molar-refractivity contribution in [2.75, 3.05) is 0 Å². The number of aryl methyl sites for hydroxylation is 1. The maximum Gasteiger partial charge on any atom is 0.219 e. The molecule has 0 spiro atoms. The van der Waals surface area contributed by atoms with Crippen molar-refractivity contribution < 1.29 is 4.39 Å². The number of hydrogen-bond donors (Lipinski definition) is 1. The van der Waals surface area contributed by atoms with Crippen LogP contribution in [0, 0.1) is 12.7 Å². The molecule has 7 nitrogen and oxygen atoms in total. The van der Waals surface area contributed by atoms with Gasteiger partial charge in [-0.05, 0) is 54.7 Å². The third-order valence-corrected chi connectivity index (χ3v) is 4.96. The van der Waals surface area contributed by atoms with Crippen LogP contribution in [0.4, 0.5) is 4.39 Å². The minimum atomic E-state index is -0.308. The Kier molecular flexibility index (Phi) is 3.56. The van der Waals surface area contributed by atoms with E-state index in [4.69, 9.17) is 4.98 Å². The summed E-state index contributed by atoms with van der Waals surface area (Å²) in [6.45, 7) is 1.93. The summed E-state index contributed by atoms with van der Waals surface area (Å²) in [5.41, 5.74) is 4.08. The van der Waals surface area contributed by atoms with Gasteiger partial charge in [0.05, 0.1) is 5.69 Å². The third kappa shape index (κ3) is 2.69. The van der Waals surface area contributed by atoms with E-state index in [0.717, 1.165) is 24.2 Å². The fourth-order valence-electron chi connectivity index (χ4n) is 3.61. The van der Waals surface area contributed by atoms with Crippen LogP contribution in [-0.4, -0.2) is 34.9 Å². The van der Waals surface area contributed by atoms with Crippen molar-refractivity contribution in [2.45, 2.75) is 25.7 Å². The van der Waals surface area contributed by atoms with E-state index in [1.807, 2.05) is 25.4 Å². The predicted octanol–water partition coefficient (Wildman–Crippen LogP) is 2.78. The second-order valence-corrected chi connectivity index (χ2v) is 6.72. The lowest BCUT2D eigenvalue weighted by molar-refractivity contribution is 0.617. The van der Waals surface area contributed by atoms with Crippen LogP contribution in [0.15, 0.2) is 43.0 Å². The molecule has 8 heteroatoms. The van der Waals surface area contributed by atoms with Gasteiger partial charge in [0.15, 0.2) is 5.82 Å². The van der Waals surface area contributed by atoms with Gasteiger partial charge in [0.1, 0.15) is 18.0 Å². The Hall–Kier alpha value is -3.42. The highest BCUT2D eigenvalue weighted by Gasteiger charge is 2.29. The van der Waals surface area contributed by atoms with E-state index in [-0.39, 0.29) is 11.7 Å². The first kappa shape index (κ1) is 15.8. The third-order valence-electron chi connectivity index (χ3n) is 4.96. The fraction of sp³-hybridized carbons (Fsp3) is 0.211. The topological polar surface area (TPSA) is 85.2 Å². The maximum absolute atomic E-state index is 13.9. The molecule has 0 saturated carbocycles. The smallest absolute Gasteiger partial charge is 0.219 e. The molecule has 1 N–H and O–H groups in total. The number of halogens is 1. The van der Waals surface area contributed by atoms with Crippen LogP contribution in [0.3, 0.4) is 0 Å². The molecular formula is C19H16FN7. The summed E-state index contributed by atoms with van der Waals surface area (Å²) < 4.78 is 15.7. The van der Waals surface area contributed by atoms with Crippen molar-refractivity contribution in [2.24, 2.45) is 0 Å². The molecule has 4 aromatic rings. The minimum absolute atomic E-state index is 0.135. The fourth-order valence-corrected chi connectivity index (χ4v) is 3.61. The molecule has 1 unspecified atom stereocenters. The lowest BCUT2D eigenvalue weighted by Crippen LogP contribution is -2.10. The first-order chi connectivity index (χ1) is 13.2. The van der Waals surface area contributed by atoms with Crippen molar-refractivity contribution in [3.8, 4) is 17.3 Å². The lowest BCUT2D eigenvalue weighted by atomic mass is 10.1. The number of nitrogens with zero attached hydrogens (tertiary/aromatic N) is 6. The molecule has 5 rings (SSSR count). The van der Waals surface area contributed by atoms with Crippen molar-refractivity contribution >= 4 is 0 Å². The zero-order valence-corrected chi connectivity index (χ0v) is 14.6. The van der Waals surface area contributed by atoms with Gasteiger partial charge in [-0.15, -0.1) is 5.10 Å². The Morgan fingerprint density at radius 2 is 2.07 bits per heavy atom. The molecule has 0 aliphatic heterocycles. The van der Waals surface area contributed by atoms with Gasteiger partial charge < -0.3 is 0 Å². The molecule has 3 aromatic heterocycles. The van der Waals surface area contributed by atoms with Gasteiger partial charge in [-0.25, -0.2) is 19.0 Å². The van der Waals surface area contributed by atoms with Crippen molar-refractivity contribution in [3.05, 3.63) is 71.3 Å². The van der Waals surface area contributed by atoms with Crippen molar-refractivity contribution in [3.63, 3.8) is 0 Å². The van der Waals surface area contributed by atoms with Gasteiger partial charge in [0, 0.05) is 18.3 Å². The van der Waals surface area contributed by atoms with Crippen LogP contribution in [0.1, 0.15) is 28.4 Å². The van der Waals surface area contributed by atoms with E-state index in [2.05, 4.69) is 25.3 Å². The SMILES string of the molecule is Cc1ccc(F)cc1-n1nc(-c2ncn[nH]2)nc1C1Cc2ccncc2C1. The summed E-state index contributed by atoms with van der Waals surface area (Å²) in [5.74, 6) is 1.54. The molecule has 134 valence electrons. The normalized spacial score (nSPS) is 15.9. The molecule has 0 saturated heterocycles.